The van der Waals surface area contributed by atoms with Crippen molar-refractivity contribution in [1.82, 2.24) is 5.32 Å². The van der Waals surface area contributed by atoms with Gasteiger partial charge in [-0.2, -0.15) is 0 Å². The molecule has 0 aliphatic heterocycles. The van der Waals surface area contributed by atoms with Crippen LogP contribution in [-0.4, -0.2) is 13.2 Å². The van der Waals surface area contributed by atoms with Gasteiger partial charge in [-0.3, -0.25) is 0 Å². The smallest absolute Gasteiger partial charge is 0.119 e. The van der Waals surface area contributed by atoms with E-state index in [1.807, 2.05) is 12.1 Å². The van der Waals surface area contributed by atoms with Crippen LogP contribution in [0.15, 0.2) is 54.6 Å². The molecule has 0 heterocycles. The average Bonchev–Trinajstić information content (AvgIpc) is 3.33. The fourth-order valence-corrected chi connectivity index (χ4v) is 2.42. The van der Waals surface area contributed by atoms with E-state index in [4.69, 9.17) is 4.74 Å². The maximum Gasteiger partial charge on any atom is 0.119 e. The van der Waals surface area contributed by atoms with Gasteiger partial charge in [0.05, 0.1) is 6.61 Å². The molecule has 1 N–H and O–H groups in total. The van der Waals surface area contributed by atoms with Crippen LogP contribution >= 0.6 is 0 Å². The van der Waals surface area contributed by atoms with E-state index in [1.54, 1.807) is 0 Å². The first-order chi connectivity index (χ1) is 10.4. The molecular weight excluding hydrogens is 258 g/mol. The average molecular weight is 281 g/mol. The molecular formula is C19H23NO. The van der Waals surface area contributed by atoms with Crippen LogP contribution in [0.5, 0.6) is 5.75 Å². The van der Waals surface area contributed by atoms with E-state index in [2.05, 4.69) is 47.8 Å². The maximum absolute atomic E-state index is 5.86. The van der Waals surface area contributed by atoms with Gasteiger partial charge in [0.2, 0.25) is 0 Å². The molecule has 0 bridgehead atoms. The highest BCUT2D eigenvalue weighted by molar-refractivity contribution is 5.28. The van der Waals surface area contributed by atoms with Crippen LogP contribution in [-0.2, 0) is 13.0 Å². The normalized spacial score (nSPS) is 14.1. The van der Waals surface area contributed by atoms with Gasteiger partial charge in [0.15, 0.2) is 0 Å². The number of ether oxygens (including phenoxy) is 1. The lowest BCUT2D eigenvalue weighted by Crippen LogP contribution is -2.16. The molecule has 2 heteroatoms. The summed E-state index contributed by atoms with van der Waals surface area (Å²) >= 11 is 0. The molecule has 2 nitrogen and oxygen atoms in total. The Morgan fingerprint density at radius 1 is 0.952 bits per heavy atom. The third kappa shape index (κ3) is 4.91. The molecule has 0 aromatic heterocycles. The van der Waals surface area contributed by atoms with Gasteiger partial charge < -0.3 is 10.1 Å². The lowest BCUT2D eigenvalue weighted by molar-refractivity contribution is 0.321. The number of hydrogen-bond donors (Lipinski definition) is 1. The highest BCUT2D eigenvalue weighted by Gasteiger charge is 2.20. The first-order valence-electron chi connectivity index (χ1n) is 7.86. The molecule has 0 unspecified atom stereocenters. The van der Waals surface area contributed by atoms with Crippen molar-refractivity contribution in [3.05, 3.63) is 65.7 Å². The molecule has 2 aromatic carbocycles. The summed E-state index contributed by atoms with van der Waals surface area (Å²) in [7, 11) is 0. The number of rotatable bonds is 8. The molecule has 21 heavy (non-hydrogen) atoms. The summed E-state index contributed by atoms with van der Waals surface area (Å²) in [5.74, 6) is 1.90. The predicted octanol–water partition coefficient (Wildman–Crippen LogP) is 3.81. The standard InChI is InChI=1S/C19H23NO/c1-2-5-16(6-3-1)11-12-21-19-8-4-7-18(13-19)15-20-14-17-9-10-17/h1-8,13,17,20H,9-12,14-15H2. The summed E-state index contributed by atoms with van der Waals surface area (Å²) in [6, 6.07) is 18.9. The largest absolute Gasteiger partial charge is 0.493 e. The molecule has 3 rings (SSSR count). The van der Waals surface area contributed by atoms with E-state index >= 15 is 0 Å². The van der Waals surface area contributed by atoms with Crippen LogP contribution in [0.1, 0.15) is 24.0 Å². The van der Waals surface area contributed by atoms with Gasteiger partial charge in [0.1, 0.15) is 5.75 Å². The highest BCUT2D eigenvalue weighted by Crippen LogP contribution is 2.27. The molecule has 0 spiro atoms. The van der Waals surface area contributed by atoms with E-state index in [9.17, 15) is 0 Å². The van der Waals surface area contributed by atoms with Gasteiger partial charge in [-0.1, -0.05) is 42.5 Å². The van der Waals surface area contributed by atoms with Gasteiger partial charge in [-0.25, -0.2) is 0 Å². The minimum atomic E-state index is 0.725. The van der Waals surface area contributed by atoms with Gasteiger partial charge in [-0.05, 0) is 48.6 Å². The SMILES string of the molecule is c1ccc(CCOc2cccc(CNCC3CC3)c2)cc1. The second kappa shape index (κ2) is 7.28. The molecule has 0 radical (unpaired) electrons. The predicted molar refractivity (Wildman–Crippen MR) is 86.5 cm³/mol. The van der Waals surface area contributed by atoms with E-state index in [1.165, 1.54) is 24.0 Å². The minimum Gasteiger partial charge on any atom is -0.493 e. The van der Waals surface area contributed by atoms with Crippen molar-refractivity contribution in [3.8, 4) is 5.75 Å². The monoisotopic (exact) mass is 281 g/mol. The highest BCUT2D eigenvalue weighted by atomic mass is 16.5. The Balaban J connectivity index is 1.44. The van der Waals surface area contributed by atoms with Crippen molar-refractivity contribution in [1.29, 1.82) is 0 Å². The summed E-state index contributed by atoms with van der Waals surface area (Å²) in [5.41, 5.74) is 2.62. The summed E-state index contributed by atoms with van der Waals surface area (Å²) in [6.07, 6.45) is 3.75. The first-order valence-corrected chi connectivity index (χ1v) is 7.86. The maximum atomic E-state index is 5.86. The molecule has 2 aromatic rings. The fraction of sp³-hybridized carbons (Fsp3) is 0.368. The van der Waals surface area contributed by atoms with Crippen molar-refractivity contribution in [2.24, 2.45) is 5.92 Å². The second-order valence-corrected chi connectivity index (χ2v) is 5.81. The van der Waals surface area contributed by atoms with Gasteiger partial charge >= 0.3 is 0 Å². The Bertz CT molecular complexity index is 549. The molecule has 1 aliphatic rings. The summed E-state index contributed by atoms with van der Waals surface area (Å²) < 4.78 is 5.86. The Kier molecular flexibility index (Phi) is 4.90. The molecule has 1 aliphatic carbocycles. The Morgan fingerprint density at radius 2 is 1.76 bits per heavy atom. The van der Waals surface area contributed by atoms with Gasteiger partial charge in [-0.15, -0.1) is 0 Å². The lowest BCUT2D eigenvalue weighted by atomic mass is 10.2. The molecule has 0 atom stereocenters. The quantitative estimate of drug-likeness (QED) is 0.794. The molecule has 0 saturated heterocycles. The summed E-state index contributed by atoms with van der Waals surface area (Å²) in [5, 5.41) is 3.52. The van der Waals surface area contributed by atoms with Crippen molar-refractivity contribution in [2.75, 3.05) is 13.2 Å². The zero-order chi connectivity index (χ0) is 14.3. The van der Waals surface area contributed by atoms with Gasteiger partial charge in [0, 0.05) is 13.0 Å². The molecule has 110 valence electrons. The van der Waals surface area contributed by atoms with E-state index < -0.39 is 0 Å². The summed E-state index contributed by atoms with van der Waals surface area (Å²) in [4.78, 5) is 0. The molecule has 1 fully saturated rings. The zero-order valence-corrected chi connectivity index (χ0v) is 12.4. The Morgan fingerprint density at radius 3 is 2.57 bits per heavy atom. The van der Waals surface area contributed by atoms with Crippen molar-refractivity contribution in [3.63, 3.8) is 0 Å². The summed E-state index contributed by atoms with van der Waals surface area (Å²) in [6.45, 7) is 2.81. The number of nitrogens with one attached hydrogen (secondary N) is 1. The topological polar surface area (TPSA) is 21.3 Å². The van der Waals surface area contributed by atoms with Crippen LogP contribution < -0.4 is 10.1 Å². The number of benzene rings is 2. The van der Waals surface area contributed by atoms with Crippen LogP contribution in [0.25, 0.3) is 0 Å². The van der Waals surface area contributed by atoms with Crippen molar-refractivity contribution < 1.29 is 4.74 Å². The second-order valence-electron chi connectivity index (χ2n) is 5.81. The van der Waals surface area contributed by atoms with Crippen LogP contribution in [0.4, 0.5) is 0 Å². The van der Waals surface area contributed by atoms with Crippen molar-refractivity contribution >= 4 is 0 Å². The van der Waals surface area contributed by atoms with Gasteiger partial charge in [0.25, 0.3) is 0 Å². The van der Waals surface area contributed by atoms with Crippen LogP contribution in [0, 0.1) is 5.92 Å². The minimum absolute atomic E-state index is 0.725. The van der Waals surface area contributed by atoms with E-state index in [0.717, 1.165) is 37.8 Å². The molecule has 1 saturated carbocycles. The fourth-order valence-electron chi connectivity index (χ4n) is 2.42. The zero-order valence-electron chi connectivity index (χ0n) is 12.4. The lowest BCUT2D eigenvalue weighted by Gasteiger charge is -2.09. The Labute approximate surface area is 127 Å². The van der Waals surface area contributed by atoms with Crippen LogP contribution in [0.2, 0.25) is 0 Å². The van der Waals surface area contributed by atoms with Crippen LogP contribution in [0.3, 0.4) is 0 Å². The molecule has 0 amide bonds. The first kappa shape index (κ1) is 14.2. The Hall–Kier alpha value is -1.80. The van der Waals surface area contributed by atoms with Crippen molar-refractivity contribution in [2.45, 2.75) is 25.8 Å². The third-order valence-electron chi connectivity index (χ3n) is 3.86. The number of hydrogen-bond acceptors (Lipinski definition) is 2. The third-order valence-corrected chi connectivity index (χ3v) is 3.86. The van der Waals surface area contributed by atoms with E-state index in [0.29, 0.717) is 0 Å². The van der Waals surface area contributed by atoms with E-state index in [-0.39, 0.29) is 0 Å².